The maximum atomic E-state index is 13.3. The van der Waals surface area contributed by atoms with Crippen LogP contribution >= 0.6 is 11.6 Å². The van der Waals surface area contributed by atoms with E-state index in [-0.39, 0.29) is 12.0 Å². The molecule has 0 bridgehead atoms. The molecule has 0 saturated carbocycles. The topological polar surface area (TPSA) is 75.6 Å². The first kappa shape index (κ1) is 18.2. The summed E-state index contributed by atoms with van der Waals surface area (Å²) in [6.07, 6.45) is -1.19. The van der Waals surface area contributed by atoms with Crippen molar-refractivity contribution in [3.05, 3.63) is 34.4 Å². The van der Waals surface area contributed by atoms with Gasteiger partial charge in [0.25, 0.3) is 0 Å². The van der Waals surface area contributed by atoms with Gasteiger partial charge in [-0.1, -0.05) is 11.6 Å². The number of aliphatic carboxylic acids is 1. The summed E-state index contributed by atoms with van der Waals surface area (Å²) in [5.41, 5.74) is -0.661. The SMILES string of the molecule is CC(C)(C)OC(=O)NC(Cc1cc(F)c(F)c(Cl)c1)C(=O)O. The zero-order valence-corrected chi connectivity index (χ0v) is 13.0. The van der Waals surface area contributed by atoms with Gasteiger partial charge in [-0.05, 0) is 38.5 Å². The summed E-state index contributed by atoms with van der Waals surface area (Å²) in [4.78, 5) is 22.8. The van der Waals surface area contributed by atoms with Crippen LogP contribution in [0, 0.1) is 11.6 Å². The van der Waals surface area contributed by atoms with Crippen LogP contribution in [-0.4, -0.2) is 28.8 Å². The van der Waals surface area contributed by atoms with E-state index in [1.54, 1.807) is 20.8 Å². The summed E-state index contributed by atoms with van der Waals surface area (Å²) in [6.45, 7) is 4.87. The number of alkyl carbamates (subject to hydrolysis) is 1. The molecule has 0 saturated heterocycles. The van der Waals surface area contributed by atoms with Crippen molar-refractivity contribution in [3.63, 3.8) is 0 Å². The van der Waals surface area contributed by atoms with Crippen molar-refractivity contribution in [2.45, 2.75) is 38.8 Å². The highest BCUT2D eigenvalue weighted by Crippen LogP contribution is 2.20. The van der Waals surface area contributed by atoms with Crippen molar-refractivity contribution >= 4 is 23.7 Å². The minimum absolute atomic E-state index is 0.132. The molecule has 0 heterocycles. The Balaban J connectivity index is 2.85. The summed E-state index contributed by atoms with van der Waals surface area (Å²) in [5, 5.41) is 10.8. The molecular formula is C14H16ClF2NO4. The van der Waals surface area contributed by atoms with Crippen molar-refractivity contribution in [1.29, 1.82) is 0 Å². The summed E-state index contributed by atoms with van der Waals surface area (Å²) in [7, 11) is 0. The molecule has 0 aliphatic heterocycles. The lowest BCUT2D eigenvalue weighted by atomic mass is 10.1. The number of carboxylic acids is 1. The number of halogens is 3. The molecule has 1 atom stereocenters. The quantitative estimate of drug-likeness (QED) is 0.829. The number of carbonyl (C=O) groups is 2. The Morgan fingerprint density at radius 1 is 1.36 bits per heavy atom. The zero-order chi connectivity index (χ0) is 17.1. The molecule has 0 aliphatic rings. The molecule has 2 N–H and O–H groups in total. The number of carboxylic acid groups (broad SMARTS) is 1. The van der Waals surface area contributed by atoms with Gasteiger partial charge < -0.3 is 15.2 Å². The van der Waals surface area contributed by atoms with E-state index in [4.69, 9.17) is 21.4 Å². The second-order valence-corrected chi connectivity index (χ2v) is 6.02. The molecule has 1 aromatic carbocycles. The molecule has 1 aromatic rings. The molecule has 22 heavy (non-hydrogen) atoms. The zero-order valence-electron chi connectivity index (χ0n) is 12.2. The average molecular weight is 336 g/mol. The number of ether oxygens (including phenoxy) is 1. The van der Waals surface area contributed by atoms with Crippen molar-refractivity contribution < 1.29 is 28.2 Å². The number of hydrogen-bond acceptors (Lipinski definition) is 3. The molecule has 0 fully saturated rings. The maximum absolute atomic E-state index is 13.3. The van der Waals surface area contributed by atoms with E-state index >= 15 is 0 Å². The number of nitrogens with one attached hydrogen (secondary N) is 1. The van der Waals surface area contributed by atoms with E-state index in [1.165, 1.54) is 0 Å². The standard InChI is InChI=1S/C14H16ClF2NO4/c1-14(2,3)22-13(21)18-10(12(19)20)6-7-4-8(15)11(17)9(16)5-7/h4-5,10H,6H2,1-3H3,(H,18,21)(H,19,20). The predicted molar refractivity (Wildman–Crippen MR) is 75.9 cm³/mol. The lowest BCUT2D eigenvalue weighted by molar-refractivity contribution is -0.139. The van der Waals surface area contributed by atoms with E-state index in [2.05, 4.69) is 5.32 Å². The Kier molecular flexibility index (Phi) is 5.71. The first-order valence-electron chi connectivity index (χ1n) is 6.35. The number of rotatable bonds is 4. The molecule has 0 spiro atoms. The van der Waals surface area contributed by atoms with E-state index in [0.29, 0.717) is 0 Å². The molecule has 1 unspecified atom stereocenters. The fourth-order valence-electron chi connectivity index (χ4n) is 1.61. The largest absolute Gasteiger partial charge is 0.480 e. The highest BCUT2D eigenvalue weighted by molar-refractivity contribution is 6.30. The van der Waals surface area contributed by atoms with Crippen LogP contribution in [0.1, 0.15) is 26.3 Å². The molecule has 1 rings (SSSR count). The first-order valence-corrected chi connectivity index (χ1v) is 6.73. The Morgan fingerprint density at radius 3 is 2.41 bits per heavy atom. The van der Waals surface area contributed by atoms with E-state index in [1.807, 2.05) is 0 Å². The molecular weight excluding hydrogens is 320 g/mol. The van der Waals surface area contributed by atoms with Gasteiger partial charge in [-0.25, -0.2) is 18.4 Å². The Bertz CT molecular complexity index is 564. The Morgan fingerprint density at radius 2 is 1.95 bits per heavy atom. The second kappa shape index (κ2) is 6.91. The molecule has 5 nitrogen and oxygen atoms in total. The molecule has 0 radical (unpaired) electrons. The van der Waals surface area contributed by atoms with Crippen molar-refractivity contribution in [2.24, 2.45) is 0 Å². The summed E-state index contributed by atoms with van der Waals surface area (Å²) in [5.74, 6) is -3.74. The Labute approximate surface area is 131 Å². The Hall–Kier alpha value is -1.89. The van der Waals surface area contributed by atoms with Gasteiger partial charge in [-0.3, -0.25) is 0 Å². The van der Waals surface area contributed by atoms with Gasteiger partial charge in [0.15, 0.2) is 11.6 Å². The van der Waals surface area contributed by atoms with Crippen LogP contribution in [0.25, 0.3) is 0 Å². The van der Waals surface area contributed by atoms with Gasteiger partial charge in [0, 0.05) is 6.42 Å². The smallest absolute Gasteiger partial charge is 0.408 e. The van der Waals surface area contributed by atoms with E-state index < -0.39 is 40.4 Å². The third kappa shape index (κ3) is 5.48. The second-order valence-electron chi connectivity index (χ2n) is 5.61. The molecule has 0 aliphatic carbocycles. The molecule has 122 valence electrons. The van der Waals surface area contributed by atoms with Gasteiger partial charge in [0.1, 0.15) is 11.6 Å². The molecule has 0 aromatic heterocycles. The average Bonchev–Trinajstić information content (AvgIpc) is 2.32. The highest BCUT2D eigenvalue weighted by atomic mass is 35.5. The van der Waals surface area contributed by atoms with Gasteiger partial charge in [-0.15, -0.1) is 0 Å². The van der Waals surface area contributed by atoms with Crippen molar-refractivity contribution in [3.8, 4) is 0 Å². The predicted octanol–water partition coefficient (Wildman–Crippen LogP) is 3.14. The lowest BCUT2D eigenvalue weighted by Crippen LogP contribution is -2.44. The lowest BCUT2D eigenvalue weighted by Gasteiger charge is -2.22. The summed E-state index contributed by atoms with van der Waals surface area (Å²) in [6, 6.07) is 0.566. The van der Waals surface area contributed by atoms with Crippen LogP contribution in [0.3, 0.4) is 0 Å². The third-order valence-corrected chi connectivity index (χ3v) is 2.75. The van der Waals surface area contributed by atoms with E-state index in [9.17, 15) is 18.4 Å². The van der Waals surface area contributed by atoms with E-state index in [0.717, 1.165) is 12.1 Å². The minimum atomic E-state index is -1.37. The monoisotopic (exact) mass is 335 g/mol. The van der Waals surface area contributed by atoms with Gasteiger partial charge >= 0.3 is 12.1 Å². The van der Waals surface area contributed by atoms with Crippen LogP contribution in [-0.2, 0) is 16.0 Å². The number of hydrogen-bond donors (Lipinski definition) is 2. The number of benzene rings is 1. The minimum Gasteiger partial charge on any atom is -0.480 e. The van der Waals surface area contributed by atoms with Gasteiger partial charge in [0.05, 0.1) is 5.02 Å². The summed E-state index contributed by atoms with van der Waals surface area (Å²) < 4.78 is 31.3. The van der Waals surface area contributed by atoms with Crippen LogP contribution in [0.15, 0.2) is 12.1 Å². The van der Waals surface area contributed by atoms with Crippen LogP contribution in [0.2, 0.25) is 5.02 Å². The van der Waals surface area contributed by atoms with Crippen LogP contribution in [0.4, 0.5) is 13.6 Å². The summed E-state index contributed by atoms with van der Waals surface area (Å²) >= 11 is 5.50. The van der Waals surface area contributed by atoms with Crippen LogP contribution in [0.5, 0.6) is 0 Å². The van der Waals surface area contributed by atoms with Crippen molar-refractivity contribution in [2.75, 3.05) is 0 Å². The van der Waals surface area contributed by atoms with Gasteiger partial charge in [0.2, 0.25) is 0 Å². The van der Waals surface area contributed by atoms with Gasteiger partial charge in [-0.2, -0.15) is 0 Å². The normalized spacial score (nSPS) is 12.6. The fourth-order valence-corrected chi connectivity index (χ4v) is 1.84. The van der Waals surface area contributed by atoms with Crippen LogP contribution < -0.4 is 5.32 Å². The fraction of sp³-hybridized carbons (Fsp3) is 0.429. The molecule has 1 amide bonds. The van der Waals surface area contributed by atoms with Crippen molar-refractivity contribution in [1.82, 2.24) is 5.32 Å². The molecule has 8 heteroatoms. The maximum Gasteiger partial charge on any atom is 0.408 e. The number of carbonyl (C=O) groups excluding carboxylic acids is 1. The number of amides is 1. The highest BCUT2D eigenvalue weighted by Gasteiger charge is 2.25. The first-order chi connectivity index (χ1) is 9.99. The third-order valence-electron chi connectivity index (χ3n) is 2.47.